The van der Waals surface area contributed by atoms with Gasteiger partial charge >= 0.3 is 0 Å². The van der Waals surface area contributed by atoms with E-state index in [-0.39, 0.29) is 6.04 Å². The van der Waals surface area contributed by atoms with Crippen molar-refractivity contribution < 1.29 is 0 Å². The molecule has 0 bridgehead atoms. The van der Waals surface area contributed by atoms with E-state index < -0.39 is 0 Å². The van der Waals surface area contributed by atoms with Crippen LogP contribution in [0.3, 0.4) is 0 Å². The van der Waals surface area contributed by atoms with E-state index in [2.05, 4.69) is 42.4 Å². The van der Waals surface area contributed by atoms with Gasteiger partial charge in [0.2, 0.25) is 0 Å². The van der Waals surface area contributed by atoms with Crippen molar-refractivity contribution in [2.45, 2.75) is 45.1 Å². The first kappa shape index (κ1) is 14.3. The Morgan fingerprint density at radius 1 is 1.33 bits per heavy atom. The molecule has 1 aliphatic carbocycles. The van der Waals surface area contributed by atoms with Crippen LogP contribution in [0.4, 0.5) is 0 Å². The molecular weight excluding hydrogens is 258 g/mol. The van der Waals surface area contributed by atoms with E-state index in [1.807, 2.05) is 11.7 Å². The molecule has 1 heterocycles. The zero-order valence-corrected chi connectivity index (χ0v) is 13.0. The second kappa shape index (κ2) is 6.02. The van der Waals surface area contributed by atoms with E-state index in [0.29, 0.717) is 5.92 Å². The van der Waals surface area contributed by atoms with Crippen LogP contribution in [0.25, 0.3) is 0 Å². The monoisotopic (exact) mass is 283 g/mol. The van der Waals surface area contributed by atoms with Gasteiger partial charge in [-0.15, -0.1) is 0 Å². The number of aryl methyl sites for hydroxylation is 3. The minimum absolute atomic E-state index is 0.142. The van der Waals surface area contributed by atoms with Gasteiger partial charge in [0.25, 0.3) is 0 Å². The maximum absolute atomic E-state index is 6.60. The molecule has 1 aromatic heterocycles. The molecule has 0 spiro atoms. The second-order valence-corrected chi connectivity index (χ2v) is 6.19. The summed E-state index contributed by atoms with van der Waals surface area (Å²) in [7, 11) is 2.05. The molecular formula is C18H25N3. The Labute approximate surface area is 127 Å². The van der Waals surface area contributed by atoms with Crippen molar-refractivity contribution in [3.63, 3.8) is 0 Å². The third-order valence-electron chi connectivity index (χ3n) is 4.80. The van der Waals surface area contributed by atoms with Crippen LogP contribution in [0.15, 0.2) is 30.3 Å². The molecule has 2 N–H and O–H groups in total. The summed E-state index contributed by atoms with van der Waals surface area (Å²) >= 11 is 0. The van der Waals surface area contributed by atoms with E-state index in [4.69, 9.17) is 5.73 Å². The topological polar surface area (TPSA) is 43.8 Å². The fraction of sp³-hybridized carbons (Fsp3) is 0.500. The van der Waals surface area contributed by atoms with E-state index in [1.165, 1.54) is 35.4 Å². The summed E-state index contributed by atoms with van der Waals surface area (Å²) < 4.78 is 2.03. The molecule has 0 radical (unpaired) electrons. The fourth-order valence-electron chi connectivity index (χ4n) is 3.51. The van der Waals surface area contributed by atoms with E-state index in [9.17, 15) is 0 Å². The molecule has 0 aliphatic heterocycles. The molecule has 3 heteroatoms. The number of benzene rings is 1. The lowest BCUT2D eigenvalue weighted by atomic mass is 9.88. The summed E-state index contributed by atoms with van der Waals surface area (Å²) in [4.78, 5) is 0. The summed E-state index contributed by atoms with van der Waals surface area (Å²) in [6, 6.07) is 11.1. The Bertz CT molecular complexity index is 615. The van der Waals surface area contributed by atoms with Crippen LogP contribution in [0, 0.1) is 5.92 Å². The number of fused-ring (bicyclic) bond motifs is 1. The van der Waals surface area contributed by atoms with E-state index in [0.717, 1.165) is 19.3 Å². The predicted octanol–water partition coefficient (Wildman–Crippen LogP) is 3.18. The molecule has 1 aliphatic rings. The molecule has 0 saturated heterocycles. The van der Waals surface area contributed by atoms with Crippen LogP contribution in [-0.2, 0) is 26.3 Å². The molecule has 0 amide bonds. The van der Waals surface area contributed by atoms with Crippen molar-refractivity contribution in [2.24, 2.45) is 18.7 Å². The first-order valence-corrected chi connectivity index (χ1v) is 8.04. The van der Waals surface area contributed by atoms with Gasteiger partial charge in [0, 0.05) is 18.8 Å². The van der Waals surface area contributed by atoms with Gasteiger partial charge < -0.3 is 5.73 Å². The Kier molecular flexibility index (Phi) is 4.11. The standard InChI is InChI=1S/C18H25N3/c1-3-15-12-16(21(2)20-15)11-14-9-6-8-13-7-4-5-10-17(13)18(14)19/h4-5,7,10,12,14,18H,3,6,8-9,11,19H2,1-2H3. The summed E-state index contributed by atoms with van der Waals surface area (Å²) in [6.07, 6.45) is 5.61. The first-order valence-electron chi connectivity index (χ1n) is 8.04. The highest BCUT2D eigenvalue weighted by molar-refractivity contribution is 5.32. The second-order valence-electron chi connectivity index (χ2n) is 6.19. The molecule has 1 aromatic carbocycles. The number of aromatic nitrogens is 2. The van der Waals surface area contributed by atoms with E-state index >= 15 is 0 Å². The van der Waals surface area contributed by atoms with Crippen LogP contribution in [0.5, 0.6) is 0 Å². The molecule has 3 rings (SSSR count). The molecule has 112 valence electrons. The van der Waals surface area contributed by atoms with Gasteiger partial charge in [-0.2, -0.15) is 5.10 Å². The number of nitrogens with zero attached hydrogens (tertiary/aromatic N) is 2. The average Bonchev–Trinajstić information content (AvgIpc) is 2.78. The fourth-order valence-corrected chi connectivity index (χ4v) is 3.51. The minimum atomic E-state index is 0.142. The maximum Gasteiger partial charge on any atom is 0.0624 e. The minimum Gasteiger partial charge on any atom is -0.324 e. The van der Waals surface area contributed by atoms with Gasteiger partial charge in [0.05, 0.1) is 5.69 Å². The highest BCUT2D eigenvalue weighted by atomic mass is 15.3. The Balaban J connectivity index is 1.84. The van der Waals surface area contributed by atoms with Gasteiger partial charge in [0.15, 0.2) is 0 Å². The van der Waals surface area contributed by atoms with Gasteiger partial charge in [0.1, 0.15) is 0 Å². The highest BCUT2D eigenvalue weighted by Crippen LogP contribution is 2.33. The van der Waals surface area contributed by atoms with Crippen molar-refractivity contribution in [2.75, 3.05) is 0 Å². The van der Waals surface area contributed by atoms with E-state index in [1.54, 1.807) is 0 Å². The Morgan fingerprint density at radius 3 is 2.90 bits per heavy atom. The Hall–Kier alpha value is -1.61. The van der Waals surface area contributed by atoms with Crippen LogP contribution >= 0.6 is 0 Å². The van der Waals surface area contributed by atoms with Crippen LogP contribution < -0.4 is 5.73 Å². The number of rotatable bonds is 3. The normalized spacial score (nSPS) is 21.9. The lowest BCUT2D eigenvalue weighted by Crippen LogP contribution is -2.23. The van der Waals surface area contributed by atoms with Gasteiger partial charge in [-0.05, 0) is 55.2 Å². The van der Waals surface area contributed by atoms with Gasteiger partial charge in [-0.1, -0.05) is 31.2 Å². The zero-order valence-electron chi connectivity index (χ0n) is 13.0. The summed E-state index contributed by atoms with van der Waals surface area (Å²) in [5, 5.41) is 4.56. The quantitative estimate of drug-likeness (QED) is 0.879. The lowest BCUT2D eigenvalue weighted by Gasteiger charge is -2.23. The molecule has 3 nitrogen and oxygen atoms in total. The Morgan fingerprint density at radius 2 is 2.14 bits per heavy atom. The SMILES string of the molecule is CCc1cc(CC2CCCc3ccccc3C2N)n(C)n1. The van der Waals surface area contributed by atoms with Gasteiger partial charge in [-0.25, -0.2) is 0 Å². The largest absolute Gasteiger partial charge is 0.324 e. The maximum atomic E-state index is 6.60. The van der Waals surface area contributed by atoms with Crippen LogP contribution in [-0.4, -0.2) is 9.78 Å². The third kappa shape index (κ3) is 2.88. The predicted molar refractivity (Wildman–Crippen MR) is 86.1 cm³/mol. The van der Waals surface area contributed by atoms with Crippen LogP contribution in [0.1, 0.15) is 48.3 Å². The van der Waals surface area contributed by atoms with Crippen molar-refractivity contribution in [3.8, 4) is 0 Å². The summed E-state index contributed by atoms with van der Waals surface area (Å²) in [5.41, 5.74) is 11.9. The third-order valence-corrected chi connectivity index (χ3v) is 4.80. The van der Waals surface area contributed by atoms with Crippen molar-refractivity contribution in [1.82, 2.24) is 9.78 Å². The molecule has 2 aromatic rings. The molecule has 21 heavy (non-hydrogen) atoms. The zero-order chi connectivity index (χ0) is 14.8. The average molecular weight is 283 g/mol. The van der Waals surface area contributed by atoms with Crippen molar-refractivity contribution in [1.29, 1.82) is 0 Å². The summed E-state index contributed by atoms with van der Waals surface area (Å²) in [6.45, 7) is 2.15. The molecule has 0 fully saturated rings. The van der Waals surface area contributed by atoms with Gasteiger partial charge in [-0.3, -0.25) is 4.68 Å². The highest BCUT2D eigenvalue weighted by Gasteiger charge is 2.25. The first-order chi connectivity index (χ1) is 10.2. The number of hydrogen-bond acceptors (Lipinski definition) is 2. The lowest BCUT2D eigenvalue weighted by molar-refractivity contribution is 0.392. The van der Waals surface area contributed by atoms with Crippen molar-refractivity contribution in [3.05, 3.63) is 52.8 Å². The summed E-state index contributed by atoms with van der Waals surface area (Å²) in [5.74, 6) is 0.508. The number of nitrogens with two attached hydrogens (primary N) is 1. The molecule has 0 saturated carbocycles. The smallest absolute Gasteiger partial charge is 0.0624 e. The number of hydrogen-bond donors (Lipinski definition) is 1. The molecule has 2 atom stereocenters. The van der Waals surface area contributed by atoms with Crippen LogP contribution in [0.2, 0.25) is 0 Å². The molecule has 2 unspecified atom stereocenters. The van der Waals surface area contributed by atoms with Crippen molar-refractivity contribution >= 4 is 0 Å².